The first-order chi connectivity index (χ1) is 12.1. The molecule has 1 aromatic heterocycles. The molecule has 2 aromatic carbocycles. The number of pyridine rings is 1. The fraction of sp³-hybridized carbons (Fsp3) is 0.143. The summed E-state index contributed by atoms with van der Waals surface area (Å²) in [5.41, 5.74) is 4.87. The number of carbonyl (C=O) groups is 1. The van der Waals surface area contributed by atoms with Gasteiger partial charge in [-0.1, -0.05) is 42.5 Å². The maximum Gasteiger partial charge on any atom is 0.255 e. The van der Waals surface area contributed by atoms with E-state index in [-0.39, 0.29) is 5.91 Å². The van der Waals surface area contributed by atoms with Crippen LogP contribution in [0.1, 0.15) is 27.0 Å². The van der Waals surface area contributed by atoms with Crippen LogP contribution in [0.2, 0.25) is 0 Å². The van der Waals surface area contributed by atoms with Gasteiger partial charge in [0.25, 0.3) is 5.91 Å². The molecule has 3 rings (SSSR count). The molecule has 0 aliphatic carbocycles. The summed E-state index contributed by atoms with van der Waals surface area (Å²) in [4.78, 5) is 16.9. The van der Waals surface area contributed by atoms with E-state index in [1.54, 1.807) is 18.3 Å². The fourth-order valence-corrected chi connectivity index (χ4v) is 2.58. The number of aryl methyl sites for hydroxylation is 1. The summed E-state index contributed by atoms with van der Waals surface area (Å²) in [6.45, 7) is 4.60. The lowest BCUT2D eigenvalue weighted by molar-refractivity contribution is 0.0951. The van der Waals surface area contributed by atoms with Crippen molar-refractivity contribution in [1.82, 2.24) is 10.3 Å². The summed E-state index contributed by atoms with van der Waals surface area (Å²) >= 11 is 0. The van der Waals surface area contributed by atoms with Gasteiger partial charge in [0, 0.05) is 18.4 Å². The molecule has 0 unspecified atom stereocenters. The summed E-state index contributed by atoms with van der Waals surface area (Å²) in [6.07, 6.45) is 1.68. The molecule has 0 saturated carbocycles. The first kappa shape index (κ1) is 16.7. The van der Waals surface area contributed by atoms with Crippen molar-refractivity contribution in [2.24, 2.45) is 0 Å². The van der Waals surface area contributed by atoms with Crippen LogP contribution in [0.15, 0.2) is 66.9 Å². The van der Waals surface area contributed by atoms with E-state index >= 15 is 0 Å². The van der Waals surface area contributed by atoms with Gasteiger partial charge in [0.2, 0.25) is 0 Å². The van der Waals surface area contributed by atoms with Crippen LogP contribution in [0.5, 0.6) is 0 Å². The van der Waals surface area contributed by atoms with Crippen molar-refractivity contribution >= 4 is 17.4 Å². The van der Waals surface area contributed by atoms with Crippen LogP contribution in [-0.4, -0.2) is 10.9 Å². The van der Waals surface area contributed by atoms with Crippen LogP contribution in [0.25, 0.3) is 0 Å². The highest BCUT2D eigenvalue weighted by atomic mass is 16.1. The Hall–Kier alpha value is -3.14. The number of benzene rings is 2. The van der Waals surface area contributed by atoms with Gasteiger partial charge in [-0.05, 0) is 48.7 Å². The third-order valence-corrected chi connectivity index (χ3v) is 4.21. The van der Waals surface area contributed by atoms with Crippen molar-refractivity contribution in [1.29, 1.82) is 0 Å². The topological polar surface area (TPSA) is 54.0 Å². The van der Waals surface area contributed by atoms with Gasteiger partial charge in [-0.2, -0.15) is 0 Å². The molecule has 0 aliphatic heterocycles. The quantitative estimate of drug-likeness (QED) is 0.730. The second kappa shape index (κ2) is 7.62. The first-order valence-electron chi connectivity index (χ1n) is 8.25. The molecule has 4 nitrogen and oxygen atoms in total. The number of hydrogen-bond acceptors (Lipinski definition) is 3. The Labute approximate surface area is 147 Å². The van der Waals surface area contributed by atoms with Crippen LogP contribution in [0.3, 0.4) is 0 Å². The van der Waals surface area contributed by atoms with Gasteiger partial charge < -0.3 is 10.6 Å². The van der Waals surface area contributed by atoms with Crippen molar-refractivity contribution in [2.45, 2.75) is 20.4 Å². The Kier molecular flexibility index (Phi) is 5.09. The fourth-order valence-electron chi connectivity index (χ4n) is 2.58. The molecular formula is C21H21N3O. The molecule has 0 aliphatic rings. The van der Waals surface area contributed by atoms with Gasteiger partial charge in [-0.3, -0.25) is 4.79 Å². The number of rotatable bonds is 5. The average molecular weight is 331 g/mol. The maximum atomic E-state index is 12.6. The summed E-state index contributed by atoms with van der Waals surface area (Å²) in [6, 6.07) is 19.4. The average Bonchev–Trinajstić information content (AvgIpc) is 2.65. The predicted octanol–water partition coefficient (Wildman–Crippen LogP) is 4.37. The van der Waals surface area contributed by atoms with Gasteiger partial charge in [-0.25, -0.2) is 4.98 Å². The van der Waals surface area contributed by atoms with E-state index in [1.807, 2.05) is 42.5 Å². The SMILES string of the molecule is Cc1cccc(Nc2ncccc2C(=O)NCc2ccccc2)c1C. The second-order valence-electron chi connectivity index (χ2n) is 5.94. The normalized spacial score (nSPS) is 10.3. The number of hydrogen-bond donors (Lipinski definition) is 2. The molecular weight excluding hydrogens is 310 g/mol. The second-order valence-corrected chi connectivity index (χ2v) is 5.94. The van der Waals surface area contributed by atoms with Crippen molar-refractivity contribution in [3.05, 3.63) is 89.1 Å². The number of anilines is 2. The summed E-state index contributed by atoms with van der Waals surface area (Å²) in [7, 11) is 0. The lowest BCUT2D eigenvalue weighted by Crippen LogP contribution is -2.24. The molecule has 126 valence electrons. The standard InChI is InChI=1S/C21H21N3O/c1-15-8-6-12-19(16(15)2)24-20-18(11-7-13-22-20)21(25)23-14-17-9-4-3-5-10-17/h3-13H,14H2,1-2H3,(H,22,24)(H,23,25). The highest BCUT2D eigenvalue weighted by Gasteiger charge is 2.13. The van der Waals surface area contributed by atoms with Gasteiger partial charge >= 0.3 is 0 Å². The maximum absolute atomic E-state index is 12.6. The number of amides is 1. The third-order valence-electron chi connectivity index (χ3n) is 4.21. The molecule has 4 heteroatoms. The summed E-state index contributed by atoms with van der Waals surface area (Å²) in [5.74, 6) is 0.409. The van der Waals surface area contributed by atoms with Crippen LogP contribution < -0.4 is 10.6 Å². The Balaban J connectivity index is 1.78. The van der Waals surface area contributed by atoms with Gasteiger partial charge in [0.15, 0.2) is 0 Å². The first-order valence-corrected chi connectivity index (χ1v) is 8.25. The largest absolute Gasteiger partial charge is 0.348 e. The van der Waals surface area contributed by atoms with E-state index in [2.05, 4.69) is 35.5 Å². The molecule has 0 saturated heterocycles. The highest BCUT2D eigenvalue weighted by molar-refractivity contribution is 5.99. The molecule has 1 amide bonds. The third kappa shape index (κ3) is 4.04. The smallest absolute Gasteiger partial charge is 0.255 e. The van der Waals surface area contributed by atoms with Crippen molar-refractivity contribution in [3.8, 4) is 0 Å². The molecule has 25 heavy (non-hydrogen) atoms. The van der Waals surface area contributed by atoms with Crippen molar-refractivity contribution in [2.75, 3.05) is 5.32 Å². The zero-order valence-electron chi connectivity index (χ0n) is 14.4. The van der Waals surface area contributed by atoms with E-state index in [4.69, 9.17) is 0 Å². The van der Waals surface area contributed by atoms with E-state index in [1.165, 1.54) is 5.56 Å². The van der Waals surface area contributed by atoms with Gasteiger partial charge in [0.05, 0.1) is 5.56 Å². The number of nitrogens with zero attached hydrogens (tertiary/aromatic N) is 1. The van der Waals surface area contributed by atoms with Crippen LogP contribution >= 0.6 is 0 Å². The molecule has 3 aromatic rings. The Morgan fingerprint density at radius 1 is 0.960 bits per heavy atom. The van der Waals surface area contributed by atoms with E-state index in [9.17, 15) is 4.79 Å². The molecule has 0 spiro atoms. The monoisotopic (exact) mass is 331 g/mol. The number of nitrogens with one attached hydrogen (secondary N) is 2. The molecule has 0 radical (unpaired) electrons. The predicted molar refractivity (Wildman–Crippen MR) is 101 cm³/mol. The van der Waals surface area contributed by atoms with Crippen LogP contribution in [-0.2, 0) is 6.54 Å². The van der Waals surface area contributed by atoms with E-state index < -0.39 is 0 Å². The van der Waals surface area contributed by atoms with Crippen LogP contribution in [0, 0.1) is 13.8 Å². The lowest BCUT2D eigenvalue weighted by atomic mass is 10.1. The Bertz CT molecular complexity index is 875. The number of aromatic nitrogens is 1. The zero-order valence-corrected chi connectivity index (χ0v) is 14.4. The summed E-state index contributed by atoms with van der Waals surface area (Å²) in [5, 5.41) is 6.24. The number of carbonyl (C=O) groups excluding carboxylic acids is 1. The van der Waals surface area contributed by atoms with Crippen LogP contribution in [0.4, 0.5) is 11.5 Å². The molecule has 0 bridgehead atoms. The summed E-state index contributed by atoms with van der Waals surface area (Å²) < 4.78 is 0. The minimum Gasteiger partial charge on any atom is -0.348 e. The molecule has 0 fully saturated rings. The van der Waals surface area contributed by atoms with Crippen molar-refractivity contribution < 1.29 is 4.79 Å². The van der Waals surface area contributed by atoms with E-state index in [0.29, 0.717) is 17.9 Å². The minimum absolute atomic E-state index is 0.148. The Morgan fingerprint density at radius 2 is 1.76 bits per heavy atom. The highest BCUT2D eigenvalue weighted by Crippen LogP contribution is 2.23. The molecule has 1 heterocycles. The van der Waals surface area contributed by atoms with Gasteiger partial charge in [-0.15, -0.1) is 0 Å². The van der Waals surface area contributed by atoms with E-state index in [0.717, 1.165) is 16.8 Å². The Morgan fingerprint density at radius 3 is 2.56 bits per heavy atom. The minimum atomic E-state index is -0.148. The lowest BCUT2D eigenvalue weighted by Gasteiger charge is -2.14. The zero-order chi connectivity index (χ0) is 17.6. The molecule has 2 N–H and O–H groups in total. The van der Waals surface area contributed by atoms with Gasteiger partial charge in [0.1, 0.15) is 5.82 Å². The molecule has 0 atom stereocenters. The van der Waals surface area contributed by atoms with Crippen molar-refractivity contribution in [3.63, 3.8) is 0 Å².